The number of nitrogens with zero attached hydrogens (tertiary/aromatic N) is 1. The second-order valence-electron chi connectivity index (χ2n) is 5.00. The Morgan fingerprint density at radius 2 is 1.87 bits per heavy atom. The molecular weight excluding hydrogens is 302 g/mol. The van der Waals surface area contributed by atoms with Gasteiger partial charge < -0.3 is 9.71 Å². The van der Waals surface area contributed by atoms with Crippen molar-refractivity contribution in [1.82, 2.24) is 4.98 Å². The lowest BCUT2D eigenvalue weighted by Gasteiger charge is -2.08. The Kier molecular flexibility index (Phi) is 5.72. The number of nitriles is 1. The molecule has 1 heterocycles. The van der Waals surface area contributed by atoms with Gasteiger partial charge >= 0.3 is 0 Å². The minimum Gasteiger partial charge on any atom is -0.359 e. The number of H-pyrrole nitrogens is 1. The Bertz CT molecular complexity index is 843. The summed E-state index contributed by atoms with van der Waals surface area (Å²) < 4.78 is 3.37. The van der Waals surface area contributed by atoms with Crippen molar-refractivity contribution in [2.24, 2.45) is 0 Å². The summed E-state index contributed by atoms with van der Waals surface area (Å²) in [5.74, 6) is 0. The van der Waals surface area contributed by atoms with Crippen molar-refractivity contribution < 1.29 is 0 Å². The molecule has 23 heavy (non-hydrogen) atoms. The molecule has 2 aromatic carbocycles. The normalized spacial score (nSPS) is 9.87. The molecule has 0 aliphatic rings. The number of hydrogen-bond donors (Lipinski definition) is 2. The number of aromatic amines is 1. The van der Waals surface area contributed by atoms with Crippen LogP contribution in [0.1, 0.15) is 30.5 Å². The van der Waals surface area contributed by atoms with Gasteiger partial charge in [-0.1, -0.05) is 26.0 Å². The number of aromatic nitrogens is 1. The Hall–Kier alpha value is -2.38. The van der Waals surface area contributed by atoms with Crippen molar-refractivity contribution in [3.8, 4) is 6.07 Å². The molecule has 3 aromatic rings. The van der Waals surface area contributed by atoms with E-state index in [-0.39, 0.29) is 0 Å². The lowest BCUT2D eigenvalue weighted by Crippen LogP contribution is -1.90. The maximum atomic E-state index is 8.94. The maximum Gasteiger partial charge on any atom is 0.0992 e. The Labute approximate surface area is 141 Å². The first-order chi connectivity index (χ1) is 11.2. The molecule has 3 nitrogen and oxygen atoms in total. The first kappa shape index (κ1) is 17.0. The second-order valence-corrected chi connectivity index (χ2v) is 5.88. The molecule has 3 rings (SSSR count). The minimum absolute atomic E-state index is 0.673. The maximum absolute atomic E-state index is 8.94. The molecule has 0 amide bonds. The van der Waals surface area contributed by atoms with E-state index in [9.17, 15) is 0 Å². The van der Waals surface area contributed by atoms with Gasteiger partial charge in [-0.05, 0) is 61.2 Å². The summed E-state index contributed by atoms with van der Waals surface area (Å²) in [6.07, 6.45) is 2.03. The van der Waals surface area contributed by atoms with E-state index in [4.69, 9.17) is 5.26 Å². The van der Waals surface area contributed by atoms with E-state index in [1.165, 1.54) is 28.5 Å². The van der Waals surface area contributed by atoms with Crippen LogP contribution in [0.4, 0.5) is 5.69 Å². The SMILES string of the molecule is CC.Cc1ccc(NSc2cccc(C#N)c2)c2[nH]cc(C)c12. The summed E-state index contributed by atoms with van der Waals surface area (Å²) in [5.41, 5.74) is 5.37. The smallest absolute Gasteiger partial charge is 0.0992 e. The predicted molar refractivity (Wildman–Crippen MR) is 99.8 cm³/mol. The van der Waals surface area contributed by atoms with E-state index in [1.807, 2.05) is 44.3 Å². The number of anilines is 1. The fraction of sp³-hybridized carbons (Fsp3) is 0.211. The van der Waals surface area contributed by atoms with Gasteiger partial charge in [0.1, 0.15) is 0 Å². The molecule has 1 aromatic heterocycles. The van der Waals surface area contributed by atoms with Gasteiger partial charge in [0.05, 0.1) is 22.8 Å². The van der Waals surface area contributed by atoms with Crippen molar-refractivity contribution in [2.75, 3.05) is 4.72 Å². The molecular formula is C19H21N3S. The highest BCUT2D eigenvalue weighted by atomic mass is 32.2. The third-order valence-corrected chi connectivity index (χ3v) is 4.29. The van der Waals surface area contributed by atoms with Crippen LogP contribution in [0.2, 0.25) is 0 Å². The van der Waals surface area contributed by atoms with Crippen molar-refractivity contribution in [3.63, 3.8) is 0 Å². The monoisotopic (exact) mass is 323 g/mol. The molecule has 0 atom stereocenters. The molecule has 0 saturated carbocycles. The van der Waals surface area contributed by atoms with E-state index in [2.05, 4.69) is 41.8 Å². The van der Waals surface area contributed by atoms with Gasteiger partial charge in [0.25, 0.3) is 0 Å². The van der Waals surface area contributed by atoms with Gasteiger partial charge in [-0.15, -0.1) is 0 Å². The molecule has 0 bridgehead atoms. The molecule has 4 heteroatoms. The van der Waals surface area contributed by atoms with Gasteiger partial charge in [-0.2, -0.15) is 5.26 Å². The minimum atomic E-state index is 0.673. The molecule has 0 spiro atoms. The van der Waals surface area contributed by atoms with Crippen LogP contribution in [-0.4, -0.2) is 4.98 Å². The Balaban J connectivity index is 0.000000924. The fourth-order valence-electron chi connectivity index (χ4n) is 2.45. The molecule has 118 valence electrons. The lowest BCUT2D eigenvalue weighted by molar-refractivity contribution is 1.40. The van der Waals surface area contributed by atoms with Crippen molar-refractivity contribution in [2.45, 2.75) is 32.6 Å². The second kappa shape index (κ2) is 7.75. The average Bonchev–Trinajstić information content (AvgIpc) is 2.99. The molecule has 2 N–H and O–H groups in total. The zero-order valence-corrected chi connectivity index (χ0v) is 14.7. The molecule has 0 saturated heterocycles. The van der Waals surface area contributed by atoms with Crippen LogP contribution in [0.5, 0.6) is 0 Å². The number of rotatable bonds is 3. The molecule has 0 fully saturated rings. The lowest BCUT2D eigenvalue weighted by atomic mass is 10.1. The van der Waals surface area contributed by atoms with Crippen molar-refractivity contribution in [1.29, 1.82) is 5.26 Å². The third-order valence-electron chi connectivity index (χ3n) is 3.48. The van der Waals surface area contributed by atoms with E-state index in [0.29, 0.717) is 5.56 Å². The van der Waals surface area contributed by atoms with E-state index in [0.717, 1.165) is 16.1 Å². The highest BCUT2D eigenvalue weighted by Gasteiger charge is 2.08. The number of benzene rings is 2. The average molecular weight is 323 g/mol. The number of fused-ring (bicyclic) bond motifs is 1. The van der Waals surface area contributed by atoms with Crippen LogP contribution in [0.15, 0.2) is 47.5 Å². The van der Waals surface area contributed by atoms with Gasteiger partial charge in [-0.25, -0.2) is 0 Å². The van der Waals surface area contributed by atoms with Crippen LogP contribution in [0, 0.1) is 25.2 Å². The summed E-state index contributed by atoms with van der Waals surface area (Å²) in [6.45, 7) is 8.23. The summed E-state index contributed by atoms with van der Waals surface area (Å²) in [4.78, 5) is 4.35. The quantitative estimate of drug-likeness (QED) is 0.599. The summed E-state index contributed by atoms with van der Waals surface area (Å²) in [7, 11) is 0. The van der Waals surface area contributed by atoms with Crippen LogP contribution in [0.3, 0.4) is 0 Å². The third kappa shape index (κ3) is 3.69. The van der Waals surface area contributed by atoms with Gasteiger partial charge in [0.15, 0.2) is 0 Å². The zero-order chi connectivity index (χ0) is 16.8. The standard InChI is InChI=1S/C17H15N3S.C2H6/c1-11-6-7-15(17-16(11)12(2)10-19-17)20-21-14-5-3-4-13(8-14)9-18;1-2/h3-8,10,19-20H,1-2H3;1-2H3. The topological polar surface area (TPSA) is 51.6 Å². The summed E-state index contributed by atoms with van der Waals surface area (Å²) >= 11 is 1.51. The van der Waals surface area contributed by atoms with Gasteiger partial charge in [-0.3, -0.25) is 0 Å². The van der Waals surface area contributed by atoms with Gasteiger partial charge in [0, 0.05) is 16.5 Å². The first-order valence-corrected chi connectivity index (χ1v) is 8.51. The van der Waals surface area contributed by atoms with Crippen molar-refractivity contribution in [3.05, 3.63) is 59.3 Å². The van der Waals surface area contributed by atoms with E-state index >= 15 is 0 Å². The summed E-state index contributed by atoms with van der Waals surface area (Å²) in [6, 6.07) is 13.9. The van der Waals surface area contributed by atoms with Crippen LogP contribution in [0.25, 0.3) is 10.9 Å². The van der Waals surface area contributed by atoms with Crippen LogP contribution < -0.4 is 4.72 Å². The summed E-state index contributed by atoms with van der Waals surface area (Å²) in [5, 5.41) is 10.2. The van der Waals surface area contributed by atoms with Crippen molar-refractivity contribution >= 4 is 28.5 Å². The van der Waals surface area contributed by atoms with E-state index < -0.39 is 0 Å². The predicted octanol–water partition coefficient (Wildman–Crippen LogP) is 5.80. The van der Waals surface area contributed by atoms with Crippen LogP contribution in [-0.2, 0) is 0 Å². The molecule has 0 unspecified atom stereocenters. The molecule has 0 aliphatic heterocycles. The van der Waals surface area contributed by atoms with Crippen LogP contribution >= 0.6 is 11.9 Å². The number of aryl methyl sites for hydroxylation is 2. The Morgan fingerprint density at radius 3 is 2.61 bits per heavy atom. The largest absolute Gasteiger partial charge is 0.359 e. The molecule has 0 aliphatic carbocycles. The van der Waals surface area contributed by atoms with Gasteiger partial charge in [0.2, 0.25) is 0 Å². The highest BCUT2D eigenvalue weighted by molar-refractivity contribution is 8.00. The Morgan fingerprint density at radius 1 is 1.09 bits per heavy atom. The highest BCUT2D eigenvalue weighted by Crippen LogP contribution is 2.31. The van der Waals surface area contributed by atoms with E-state index in [1.54, 1.807) is 0 Å². The molecule has 0 radical (unpaired) electrons. The zero-order valence-electron chi connectivity index (χ0n) is 13.9. The fourth-order valence-corrected chi connectivity index (χ4v) is 3.18. The number of hydrogen-bond acceptors (Lipinski definition) is 3. The first-order valence-electron chi connectivity index (χ1n) is 7.69. The number of nitrogens with one attached hydrogen (secondary N) is 2.